The second kappa shape index (κ2) is 14.0. The molecular weight excluding hydrogens is 663 g/mol. The molecule has 0 atom stereocenters. The SMILES string of the molecule is c1ccc(-c2ccc(N(c3ccc(-c4cc(-c5ccccc5)ccc4-c4cc5ccccc5c5ccccc45)cc3)c3cccc4ccccc34)cc2)cc1. The van der Waals surface area contributed by atoms with E-state index < -0.39 is 0 Å². The van der Waals surface area contributed by atoms with Crippen molar-refractivity contribution in [2.75, 3.05) is 4.90 Å². The first-order valence-electron chi connectivity index (χ1n) is 18.9. The van der Waals surface area contributed by atoms with Crippen molar-refractivity contribution in [3.63, 3.8) is 0 Å². The van der Waals surface area contributed by atoms with Gasteiger partial charge in [-0.3, -0.25) is 0 Å². The number of benzene rings is 10. The van der Waals surface area contributed by atoms with Gasteiger partial charge in [0.2, 0.25) is 0 Å². The van der Waals surface area contributed by atoms with Gasteiger partial charge >= 0.3 is 0 Å². The fourth-order valence-corrected chi connectivity index (χ4v) is 8.16. The van der Waals surface area contributed by atoms with Gasteiger partial charge in [0.25, 0.3) is 0 Å². The van der Waals surface area contributed by atoms with Gasteiger partial charge in [0.05, 0.1) is 5.69 Å². The zero-order chi connectivity index (χ0) is 36.6. The van der Waals surface area contributed by atoms with Crippen molar-refractivity contribution in [2.24, 2.45) is 0 Å². The Morgan fingerprint density at radius 1 is 0.236 bits per heavy atom. The molecule has 0 N–H and O–H groups in total. The first kappa shape index (κ1) is 32.4. The van der Waals surface area contributed by atoms with Crippen molar-refractivity contribution < 1.29 is 0 Å². The normalized spacial score (nSPS) is 11.3. The molecule has 0 fully saturated rings. The third-order valence-corrected chi connectivity index (χ3v) is 10.9. The lowest BCUT2D eigenvalue weighted by Crippen LogP contribution is -2.10. The van der Waals surface area contributed by atoms with E-state index >= 15 is 0 Å². The van der Waals surface area contributed by atoms with Crippen molar-refractivity contribution in [1.82, 2.24) is 0 Å². The summed E-state index contributed by atoms with van der Waals surface area (Å²) in [5, 5.41) is 7.48. The van der Waals surface area contributed by atoms with Gasteiger partial charge in [-0.2, -0.15) is 0 Å². The summed E-state index contributed by atoms with van der Waals surface area (Å²) in [5.74, 6) is 0. The van der Waals surface area contributed by atoms with Gasteiger partial charge in [-0.15, -0.1) is 0 Å². The van der Waals surface area contributed by atoms with Crippen LogP contribution in [0.2, 0.25) is 0 Å². The minimum Gasteiger partial charge on any atom is -0.310 e. The van der Waals surface area contributed by atoms with Gasteiger partial charge in [0.1, 0.15) is 0 Å². The molecule has 0 bridgehead atoms. The Balaban J connectivity index is 1.14. The molecule has 258 valence electrons. The molecule has 0 aliphatic heterocycles. The number of nitrogens with zero attached hydrogens (tertiary/aromatic N) is 1. The first-order chi connectivity index (χ1) is 27.3. The molecule has 0 aliphatic rings. The molecule has 10 rings (SSSR count). The molecule has 0 saturated heterocycles. The summed E-state index contributed by atoms with van der Waals surface area (Å²) >= 11 is 0. The molecule has 1 nitrogen and oxygen atoms in total. The second-order valence-electron chi connectivity index (χ2n) is 14.1. The molecule has 0 heterocycles. The van der Waals surface area contributed by atoms with E-state index in [2.05, 4.69) is 229 Å². The van der Waals surface area contributed by atoms with Crippen LogP contribution in [0.1, 0.15) is 0 Å². The molecule has 10 aromatic carbocycles. The summed E-state index contributed by atoms with van der Waals surface area (Å²) in [5.41, 5.74) is 13.0. The summed E-state index contributed by atoms with van der Waals surface area (Å²) < 4.78 is 0. The van der Waals surface area contributed by atoms with E-state index in [0.29, 0.717) is 0 Å². The molecule has 1 heteroatoms. The number of rotatable bonds is 7. The quantitative estimate of drug-likeness (QED) is 0.150. The smallest absolute Gasteiger partial charge is 0.0540 e. The average molecular weight is 700 g/mol. The molecule has 55 heavy (non-hydrogen) atoms. The van der Waals surface area contributed by atoms with Crippen LogP contribution in [-0.2, 0) is 0 Å². The fourth-order valence-electron chi connectivity index (χ4n) is 8.16. The average Bonchev–Trinajstić information content (AvgIpc) is 3.27. The van der Waals surface area contributed by atoms with Crippen LogP contribution in [-0.4, -0.2) is 0 Å². The van der Waals surface area contributed by atoms with Crippen LogP contribution < -0.4 is 4.90 Å². The van der Waals surface area contributed by atoms with Crippen LogP contribution in [0.3, 0.4) is 0 Å². The molecular formula is C54H37N. The van der Waals surface area contributed by atoms with Gasteiger partial charge in [0, 0.05) is 16.8 Å². The summed E-state index contributed by atoms with van der Waals surface area (Å²) in [6.07, 6.45) is 0. The lowest BCUT2D eigenvalue weighted by molar-refractivity contribution is 1.30. The van der Waals surface area contributed by atoms with Crippen molar-refractivity contribution in [1.29, 1.82) is 0 Å². The van der Waals surface area contributed by atoms with Gasteiger partial charge < -0.3 is 4.90 Å². The number of hydrogen-bond acceptors (Lipinski definition) is 1. The van der Waals surface area contributed by atoms with Gasteiger partial charge in [-0.05, 0) is 114 Å². The van der Waals surface area contributed by atoms with Crippen molar-refractivity contribution >= 4 is 49.4 Å². The molecule has 0 aliphatic carbocycles. The maximum atomic E-state index is 2.39. The molecule has 10 aromatic rings. The van der Waals surface area contributed by atoms with Gasteiger partial charge in [0.15, 0.2) is 0 Å². The van der Waals surface area contributed by atoms with Crippen LogP contribution in [0, 0.1) is 0 Å². The van der Waals surface area contributed by atoms with Gasteiger partial charge in [-0.1, -0.05) is 182 Å². The topological polar surface area (TPSA) is 3.24 Å². The highest BCUT2D eigenvalue weighted by Gasteiger charge is 2.18. The third kappa shape index (κ3) is 6.02. The van der Waals surface area contributed by atoms with Crippen molar-refractivity contribution in [2.45, 2.75) is 0 Å². The number of fused-ring (bicyclic) bond motifs is 4. The van der Waals surface area contributed by atoms with Crippen molar-refractivity contribution in [3.8, 4) is 44.5 Å². The van der Waals surface area contributed by atoms with E-state index in [1.54, 1.807) is 0 Å². The third-order valence-electron chi connectivity index (χ3n) is 10.9. The molecule has 0 spiro atoms. The zero-order valence-corrected chi connectivity index (χ0v) is 30.3. The molecule has 0 radical (unpaired) electrons. The van der Waals surface area contributed by atoms with Crippen LogP contribution in [0.5, 0.6) is 0 Å². The summed E-state index contributed by atoms with van der Waals surface area (Å²) in [4.78, 5) is 2.39. The highest BCUT2D eigenvalue weighted by molar-refractivity contribution is 6.15. The minimum atomic E-state index is 1.10. The minimum absolute atomic E-state index is 1.10. The molecule has 0 aromatic heterocycles. The predicted molar refractivity (Wildman–Crippen MR) is 235 cm³/mol. The second-order valence-corrected chi connectivity index (χ2v) is 14.1. The Hall–Kier alpha value is -7.22. The van der Waals surface area contributed by atoms with Crippen LogP contribution in [0.4, 0.5) is 17.1 Å². The van der Waals surface area contributed by atoms with Crippen LogP contribution in [0.15, 0.2) is 224 Å². The summed E-state index contributed by atoms with van der Waals surface area (Å²) in [6.45, 7) is 0. The van der Waals surface area contributed by atoms with E-state index in [-0.39, 0.29) is 0 Å². The van der Waals surface area contributed by atoms with Gasteiger partial charge in [-0.25, -0.2) is 0 Å². The lowest BCUT2D eigenvalue weighted by atomic mass is 9.87. The summed E-state index contributed by atoms with van der Waals surface area (Å²) in [7, 11) is 0. The number of hydrogen-bond donors (Lipinski definition) is 0. The van der Waals surface area contributed by atoms with Crippen LogP contribution in [0.25, 0.3) is 76.8 Å². The maximum Gasteiger partial charge on any atom is 0.0540 e. The fraction of sp³-hybridized carbons (Fsp3) is 0. The van der Waals surface area contributed by atoms with E-state index in [0.717, 1.165) is 17.1 Å². The number of anilines is 3. The zero-order valence-electron chi connectivity index (χ0n) is 30.3. The van der Waals surface area contributed by atoms with Crippen molar-refractivity contribution in [3.05, 3.63) is 224 Å². The highest BCUT2D eigenvalue weighted by atomic mass is 15.1. The van der Waals surface area contributed by atoms with E-state index in [4.69, 9.17) is 0 Å². The standard InChI is InChI=1S/C54H37N/c1-3-14-38(15-4-1)40-26-31-45(32-27-40)55(54-25-13-20-41-18-7-10-22-48(41)54)46-33-28-42(29-34-46)52-36-43(39-16-5-2-6-17-39)30-35-51(52)53-37-44-19-8-9-21-47(44)49-23-11-12-24-50(49)53/h1-37H. The van der Waals surface area contributed by atoms with E-state index in [1.807, 2.05) is 0 Å². The predicted octanol–water partition coefficient (Wildman–Crippen LogP) is 15.3. The van der Waals surface area contributed by atoms with Crippen LogP contribution >= 0.6 is 0 Å². The molecule has 0 saturated carbocycles. The van der Waals surface area contributed by atoms with E-state index in [1.165, 1.54) is 76.8 Å². The Morgan fingerprint density at radius 2 is 0.727 bits per heavy atom. The first-order valence-corrected chi connectivity index (χ1v) is 18.9. The highest BCUT2D eigenvalue weighted by Crippen LogP contribution is 2.44. The molecule has 0 unspecified atom stereocenters. The molecule has 0 amide bonds. The van der Waals surface area contributed by atoms with E-state index in [9.17, 15) is 0 Å². The Kier molecular flexibility index (Phi) is 8.24. The Bertz CT molecular complexity index is 2940. The largest absolute Gasteiger partial charge is 0.310 e. The monoisotopic (exact) mass is 699 g/mol. The maximum absolute atomic E-state index is 2.39. The Morgan fingerprint density at radius 3 is 1.42 bits per heavy atom. The summed E-state index contributed by atoms with van der Waals surface area (Å²) in [6, 6.07) is 81.5. The lowest BCUT2D eigenvalue weighted by Gasteiger charge is -2.27. The Labute approximate surface area is 322 Å².